The Balaban J connectivity index is 2.71. The van der Waals surface area contributed by atoms with Gasteiger partial charge in [-0.25, -0.2) is 0 Å². The number of benzene rings is 1. The van der Waals surface area contributed by atoms with Gasteiger partial charge in [0.25, 0.3) is 0 Å². The molecule has 0 radical (unpaired) electrons. The van der Waals surface area contributed by atoms with Crippen LogP contribution in [-0.4, -0.2) is 37.4 Å². The van der Waals surface area contributed by atoms with Crippen molar-refractivity contribution in [2.24, 2.45) is 5.41 Å². The van der Waals surface area contributed by atoms with E-state index in [1.807, 2.05) is 13.0 Å². The highest BCUT2D eigenvalue weighted by atomic mass is 16.5. The number of carbonyl (C=O) groups is 2. The SMILES string of the molecule is CCOc1ccccc1OCCC(C)(C(=O)O)C(=O)OC. The van der Waals surface area contributed by atoms with Gasteiger partial charge in [-0.1, -0.05) is 12.1 Å². The molecule has 0 spiro atoms. The van der Waals surface area contributed by atoms with Gasteiger partial charge in [-0.15, -0.1) is 0 Å². The number of hydrogen-bond acceptors (Lipinski definition) is 5. The third-order valence-corrected chi connectivity index (χ3v) is 3.12. The predicted octanol–water partition coefficient (Wildman–Crippen LogP) is 2.12. The first-order chi connectivity index (χ1) is 9.95. The van der Waals surface area contributed by atoms with E-state index in [4.69, 9.17) is 9.47 Å². The van der Waals surface area contributed by atoms with E-state index >= 15 is 0 Å². The molecule has 6 nitrogen and oxygen atoms in total. The molecule has 1 N–H and O–H groups in total. The second-order valence-electron chi connectivity index (χ2n) is 4.61. The van der Waals surface area contributed by atoms with Crippen LogP contribution < -0.4 is 9.47 Å². The molecule has 1 unspecified atom stereocenters. The molecule has 0 aromatic heterocycles. The van der Waals surface area contributed by atoms with Crippen LogP contribution in [0.2, 0.25) is 0 Å². The minimum atomic E-state index is -1.63. The molecule has 6 heteroatoms. The fourth-order valence-electron chi connectivity index (χ4n) is 1.73. The van der Waals surface area contributed by atoms with Crippen LogP contribution in [-0.2, 0) is 14.3 Å². The number of carboxylic acid groups (broad SMARTS) is 1. The second kappa shape index (κ2) is 7.52. The molecule has 1 aromatic rings. The van der Waals surface area contributed by atoms with Crippen LogP contribution in [0.15, 0.2) is 24.3 Å². The largest absolute Gasteiger partial charge is 0.490 e. The van der Waals surface area contributed by atoms with Crippen LogP contribution in [0.4, 0.5) is 0 Å². The number of para-hydroxylation sites is 2. The number of carbonyl (C=O) groups excluding carboxylic acids is 1. The lowest BCUT2D eigenvalue weighted by atomic mass is 9.87. The zero-order valence-corrected chi connectivity index (χ0v) is 12.4. The van der Waals surface area contributed by atoms with E-state index in [1.165, 1.54) is 6.92 Å². The van der Waals surface area contributed by atoms with E-state index in [9.17, 15) is 14.7 Å². The summed E-state index contributed by atoms with van der Waals surface area (Å²) in [6.45, 7) is 3.73. The van der Waals surface area contributed by atoms with Crippen molar-refractivity contribution in [3.05, 3.63) is 24.3 Å². The second-order valence-corrected chi connectivity index (χ2v) is 4.61. The molecule has 0 heterocycles. The molecule has 0 saturated carbocycles. The van der Waals surface area contributed by atoms with Crippen molar-refractivity contribution in [2.45, 2.75) is 20.3 Å². The first-order valence-electron chi connectivity index (χ1n) is 6.62. The number of hydrogen-bond donors (Lipinski definition) is 1. The van der Waals surface area contributed by atoms with Crippen LogP contribution in [0.3, 0.4) is 0 Å². The molecule has 0 aliphatic rings. The third kappa shape index (κ3) is 4.11. The van der Waals surface area contributed by atoms with E-state index in [0.717, 1.165) is 7.11 Å². The number of esters is 1. The minimum Gasteiger partial charge on any atom is -0.490 e. The Morgan fingerprint density at radius 3 is 2.24 bits per heavy atom. The molecule has 0 aliphatic carbocycles. The summed E-state index contributed by atoms with van der Waals surface area (Å²) in [4.78, 5) is 22.9. The summed E-state index contributed by atoms with van der Waals surface area (Å²) in [5.41, 5.74) is -1.63. The zero-order chi connectivity index (χ0) is 15.9. The van der Waals surface area contributed by atoms with Crippen molar-refractivity contribution < 1.29 is 28.9 Å². The predicted molar refractivity (Wildman–Crippen MR) is 75.5 cm³/mol. The maximum atomic E-state index is 11.6. The molecule has 0 bridgehead atoms. The fraction of sp³-hybridized carbons (Fsp3) is 0.467. The summed E-state index contributed by atoms with van der Waals surface area (Å²) in [6, 6.07) is 7.08. The zero-order valence-electron chi connectivity index (χ0n) is 12.4. The van der Waals surface area contributed by atoms with Crippen LogP contribution in [0, 0.1) is 5.41 Å². The highest BCUT2D eigenvalue weighted by molar-refractivity contribution is 5.98. The van der Waals surface area contributed by atoms with Crippen LogP contribution >= 0.6 is 0 Å². The van der Waals surface area contributed by atoms with Gasteiger partial charge in [-0.2, -0.15) is 0 Å². The highest BCUT2D eigenvalue weighted by Gasteiger charge is 2.42. The van der Waals surface area contributed by atoms with Gasteiger partial charge in [-0.3, -0.25) is 9.59 Å². The Bertz CT molecular complexity index is 499. The van der Waals surface area contributed by atoms with E-state index in [-0.39, 0.29) is 13.0 Å². The molecule has 0 amide bonds. The van der Waals surface area contributed by atoms with E-state index in [2.05, 4.69) is 4.74 Å². The fourth-order valence-corrected chi connectivity index (χ4v) is 1.73. The van der Waals surface area contributed by atoms with Crippen molar-refractivity contribution in [3.63, 3.8) is 0 Å². The molecule has 0 saturated heterocycles. The Morgan fingerprint density at radius 2 is 1.76 bits per heavy atom. The molecule has 1 rings (SSSR count). The molecular weight excluding hydrogens is 276 g/mol. The Morgan fingerprint density at radius 1 is 1.19 bits per heavy atom. The maximum Gasteiger partial charge on any atom is 0.323 e. The molecule has 21 heavy (non-hydrogen) atoms. The van der Waals surface area contributed by atoms with Gasteiger partial charge in [0.2, 0.25) is 0 Å². The van der Waals surface area contributed by atoms with Crippen LogP contribution in [0.5, 0.6) is 11.5 Å². The summed E-state index contributed by atoms with van der Waals surface area (Å²) in [6.07, 6.45) is -0.00450. The molecule has 0 fully saturated rings. The minimum absolute atomic E-state index is 0.00450. The topological polar surface area (TPSA) is 82.1 Å². The van der Waals surface area contributed by atoms with E-state index in [1.54, 1.807) is 18.2 Å². The van der Waals surface area contributed by atoms with Gasteiger partial charge in [0, 0.05) is 6.42 Å². The smallest absolute Gasteiger partial charge is 0.323 e. The van der Waals surface area contributed by atoms with Crippen molar-refractivity contribution in [1.82, 2.24) is 0 Å². The number of rotatable bonds is 8. The Labute approximate surface area is 123 Å². The van der Waals surface area contributed by atoms with Crippen molar-refractivity contribution >= 4 is 11.9 Å². The molecule has 0 aliphatic heterocycles. The van der Waals surface area contributed by atoms with Crippen molar-refractivity contribution in [3.8, 4) is 11.5 Å². The Kier molecular flexibility index (Phi) is 6.02. The average Bonchev–Trinajstić information content (AvgIpc) is 2.48. The summed E-state index contributed by atoms with van der Waals surface area (Å²) in [5.74, 6) is -0.945. The lowest BCUT2D eigenvalue weighted by Crippen LogP contribution is -2.38. The van der Waals surface area contributed by atoms with Crippen LogP contribution in [0.1, 0.15) is 20.3 Å². The first-order valence-corrected chi connectivity index (χ1v) is 6.62. The van der Waals surface area contributed by atoms with Crippen molar-refractivity contribution in [2.75, 3.05) is 20.3 Å². The van der Waals surface area contributed by atoms with Gasteiger partial charge >= 0.3 is 11.9 Å². The summed E-state index contributed by atoms with van der Waals surface area (Å²) in [7, 11) is 1.16. The maximum absolute atomic E-state index is 11.6. The average molecular weight is 296 g/mol. The lowest BCUT2D eigenvalue weighted by molar-refractivity contribution is -0.166. The number of carboxylic acids is 1. The van der Waals surface area contributed by atoms with E-state index < -0.39 is 17.4 Å². The highest BCUT2D eigenvalue weighted by Crippen LogP contribution is 2.29. The standard InChI is InChI=1S/C15H20O6/c1-4-20-11-7-5-6-8-12(11)21-10-9-15(2,13(16)17)14(18)19-3/h5-8H,4,9-10H2,1-3H3,(H,16,17). The monoisotopic (exact) mass is 296 g/mol. The molecule has 116 valence electrons. The van der Waals surface area contributed by atoms with Crippen LogP contribution in [0.25, 0.3) is 0 Å². The van der Waals surface area contributed by atoms with E-state index in [0.29, 0.717) is 18.1 Å². The van der Waals surface area contributed by atoms with Gasteiger partial charge in [0.05, 0.1) is 20.3 Å². The lowest BCUT2D eigenvalue weighted by Gasteiger charge is -2.22. The summed E-state index contributed by atoms with van der Waals surface area (Å²) >= 11 is 0. The molecule has 1 aromatic carbocycles. The number of aliphatic carboxylic acids is 1. The van der Waals surface area contributed by atoms with Gasteiger partial charge in [0.1, 0.15) is 0 Å². The summed E-state index contributed by atoms with van der Waals surface area (Å²) < 4.78 is 15.5. The quantitative estimate of drug-likeness (QED) is 0.584. The first kappa shape index (κ1) is 16.8. The molecular formula is C15H20O6. The van der Waals surface area contributed by atoms with Gasteiger partial charge < -0.3 is 19.3 Å². The van der Waals surface area contributed by atoms with Gasteiger partial charge in [-0.05, 0) is 26.0 Å². The summed E-state index contributed by atoms with van der Waals surface area (Å²) in [5, 5.41) is 9.19. The number of methoxy groups -OCH3 is 1. The Hall–Kier alpha value is -2.24. The molecule has 1 atom stereocenters. The number of ether oxygens (including phenoxy) is 3. The van der Waals surface area contributed by atoms with Crippen molar-refractivity contribution in [1.29, 1.82) is 0 Å². The third-order valence-electron chi connectivity index (χ3n) is 3.12. The normalized spacial score (nSPS) is 13.1. The van der Waals surface area contributed by atoms with Gasteiger partial charge in [0.15, 0.2) is 16.9 Å².